The van der Waals surface area contributed by atoms with Crippen LogP contribution in [0, 0.1) is 0 Å². The molecule has 0 fully saturated rings. The molecule has 10 aromatic carbocycles. The second-order valence-electron chi connectivity index (χ2n) is 15.6. The SMILES string of the molecule is c1ccc(-c2ccc(-c3ccccc3-n3c4ccccc4c4c(N(c5ccccc5-c5ccccc5)c5ccc6c7c(cccc57)-c5ccccc5-6)cccc43)cc2)cc1. The summed E-state index contributed by atoms with van der Waals surface area (Å²) in [4.78, 5) is 2.53. The highest BCUT2D eigenvalue weighted by Crippen LogP contribution is 2.53. The quantitative estimate of drug-likeness (QED) is 0.157. The zero-order valence-corrected chi connectivity index (χ0v) is 32.8. The van der Waals surface area contributed by atoms with E-state index in [1.54, 1.807) is 0 Å². The number of hydrogen-bond acceptors (Lipinski definition) is 1. The summed E-state index contributed by atoms with van der Waals surface area (Å²) < 4.78 is 2.47. The van der Waals surface area contributed by atoms with E-state index in [0.717, 1.165) is 28.3 Å². The maximum atomic E-state index is 2.53. The van der Waals surface area contributed by atoms with Crippen LogP contribution in [0.5, 0.6) is 0 Å². The lowest BCUT2D eigenvalue weighted by atomic mass is 9.97. The number of hydrogen-bond donors (Lipinski definition) is 0. The molecule has 0 saturated heterocycles. The Balaban J connectivity index is 1.13. The van der Waals surface area contributed by atoms with Crippen molar-refractivity contribution in [2.24, 2.45) is 0 Å². The Morgan fingerprint density at radius 3 is 1.53 bits per heavy atom. The van der Waals surface area contributed by atoms with Gasteiger partial charge in [-0.25, -0.2) is 0 Å². The molecule has 280 valence electrons. The van der Waals surface area contributed by atoms with Gasteiger partial charge in [-0.2, -0.15) is 0 Å². The first-order valence-corrected chi connectivity index (χ1v) is 20.7. The predicted octanol–water partition coefficient (Wildman–Crippen LogP) is 16.1. The largest absolute Gasteiger partial charge is 0.309 e. The summed E-state index contributed by atoms with van der Waals surface area (Å²) in [5.41, 5.74) is 19.2. The molecule has 12 rings (SSSR count). The third kappa shape index (κ3) is 5.28. The van der Waals surface area contributed by atoms with E-state index in [-0.39, 0.29) is 0 Å². The lowest BCUT2D eigenvalue weighted by Gasteiger charge is -2.30. The lowest BCUT2D eigenvalue weighted by Crippen LogP contribution is -2.12. The minimum Gasteiger partial charge on any atom is -0.309 e. The van der Waals surface area contributed by atoms with E-state index >= 15 is 0 Å². The highest BCUT2D eigenvalue weighted by atomic mass is 15.2. The van der Waals surface area contributed by atoms with E-state index in [1.165, 1.54) is 82.7 Å². The summed E-state index contributed by atoms with van der Waals surface area (Å²) in [6.07, 6.45) is 0. The molecular formula is C58H38N2. The highest BCUT2D eigenvalue weighted by molar-refractivity contribution is 6.22. The number of para-hydroxylation sites is 3. The second kappa shape index (κ2) is 13.9. The summed E-state index contributed by atoms with van der Waals surface area (Å²) in [5.74, 6) is 0. The molecule has 0 aliphatic heterocycles. The lowest BCUT2D eigenvalue weighted by molar-refractivity contribution is 1.18. The molecule has 0 saturated carbocycles. The molecule has 0 amide bonds. The Labute approximate surface area is 349 Å². The molecule has 1 heterocycles. The van der Waals surface area contributed by atoms with Gasteiger partial charge in [0.05, 0.1) is 33.8 Å². The van der Waals surface area contributed by atoms with Crippen LogP contribution in [0.1, 0.15) is 0 Å². The van der Waals surface area contributed by atoms with Gasteiger partial charge >= 0.3 is 0 Å². The standard InChI is InChI=1S/C58H38N2/c1-3-17-39(18-4-1)40-33-35-42(36-34-40)44-22-10-13-29-52(44)59-53-30-14-11-25-50(53)58-55(59)31-16-32-56(58)60(51-28-12-9-21-43(51)41-19-5-2-6-20-41)54-38-37-48-46-24-8-7-23-45(46)47-26-15-27-49(54)57(47)48/h1-38H. The van der Waals surface area contributed by atoms with E-state index in [1.807, 2.05) is 0 Å². The average Bonchev–Trinajstić information content (AvgIpc) is 3.84. The van der Waals surface area contributed by atoms with Crippen molar-refractivity contribution in [2.45, 2.75) is 0 Å². The van der Waals surface area contributed by atoms with Gasteiger partial charge in [-0.3, -0.25) is 0 Å². The van der Waals surface area contributed by atoms with Gasteiger partial charge in [0.15, 0.2) is 0 Å². The summed E-state index contributed by atoms with van der Waals surface area (Å²) in [7, 11) is 0. The van der Waals surface area contributed by atoms with Crippen LogP contribution in [0.15, 0.2) is 231 Å². The number of rotatable bonds is 7. The van der Waals surface area contributed by atoms with Gasteiger partial charge < -0.3 is 9.47 Å². The van der Waals surface area contributed by atoms with Crippen LogP contribution in [0.3, 0.4) is 0 Å². The molecule has 0 bridgehead atoms. The molecule has 2 nitrogen and oxygen atoms in total. The summed E-state index contributed by atoms with van der Waals surface area (Å²) >= 11 is 0. The van der Waals surface area contributed by atoms with Crippen LogP contribution in [-0.4, -0.2) is 4.57 Å². The summed E-state index contributed by atoms with van der Waals surface area (Å²) in [5, 5.41) is 4.95. The first kappa shape index (κ1) is 34.1. The van der Waals surface area contributed by atoms with Crippen molar-refractivity contribution in [3.8, 4) is 61.3 Å². The number of benzene rings is 10. The number of aromatic nitrogens is 1. The van der Waals surface area contributed by atoms with Gasteiger partial charge in [0, 0.05) is 27.3 Å². The smallest absolute Gasteiger partial charge is 0.0562 e. The van der Waals surface area contributed by atoms with Crippen molar-refractivity contribution in [1.29, 1.82) is 0 Å². The molecule has 1 aromatic heterocycles. The van der Waals surface area contributed by atoms with E-state index in [0.29, 0.717) is 0 Å². The van der Waals surface area contributed by atoms with E-state index < -0.39 is 0 Å². The van der Waals surface area contributed by atoms with Crippen LogP contribution >= 0.6 is 0 Å². The molecular weight excluding hydrogens is 725 g/mol. The third-order valence-electron chi connectivity index (χ3n) is 12.4. The Kier molecular flexibility index (Phi) is 7.89. The zero-order valence-electron chi connectivity index (χ0n) is 32.8. The Morgan fingerprint density at radius 2 is 0.750 bits per heavy atom. The fourth-order valence-electron chi connectivity index (χ4n) is 9.74. The molecule has 1 aliphatic carbocycles. The fourth-order valence-corrected chi connectivity index (χ4v) is 9.74. The van der Waals surface area contributed by atoms with Crippen molar-refractivity contribution in [3.63, 3.8) is 0 Å². The van der Waals surface area contributed by atoms with Crippen molar-refractivity contribution >= 4 is 49.6 Å². The van der Waals surface area contributed by atoms with Crippen molar-refractivity contribution in [2.75, 3.05) is 4.90 Å². The molecule has 0 radical (unpaired) electrons. The van der Waals surface area contributed by atoms with Crippen LogP contribution in [0.2, 0.25) is 0 Å². The molecule has 0 spiro atoms. The molecule has 1 aliphatic rings. The third-order valence-corrected chi connectivity index (χ3v) is 12.4. The second-order valence-corrected chi connectivity index (χ2v) is 15.6. The van der Waals surface area contributed by atoms with Gasteiger partial charge in [0.1, 0.15) is 0 Å². The molecule has 60 heavy (non-hydrogen) atoms. The van der Waals surface area contributed by atoms with Crippen LogP contribution in [-0.2, 0) is 0 Å². The van der Waals surface area contributed by atoms with Gasteiger partial charge in [-0.15, -0.1) is 0 Å². The molecule has 2 heteroatoms. The first-order valence-electron chi connectivity index (χ1n) is 20.7. The molecule has 0 unspecified atom stereocenters. The molecule has 11 aromatic rings. The fraction of sp³-hybridized carbons (Fsp3) is 0. The molecule has 0 atom stereocenters. The topological polar surface area (TPSA) is 8.17 Å². The van der Waals surface area contributed by atoms with Gasteiger partial charge in [0.25, 0.3) is 0 Å². The summed E-state index contributed by atoms with van der Waals surface area (Å²) in [6, 6.07) is 84.2. The number of anilines is 3. The monoisotopic (exact) mass is 762 g/mol. The van der Waals surface area contributed by atoms with E-state index in [2.05, 4.69) is 240 Å². The van der Waals surface area contributed by atoms with Crippen molar-refractivity contribution < 1.29 is 0 Å². The van der Waals surface area contributed by atoms with Crippen LogP contribution < -0.4 is 4.90 Å². The van der Waals surface area contributed by atoms with Crippen LogP contribution in [0.25, 0.3) is 93.9 Å². The van der Waals surface area contributed by atoms with Gasteiger partial charge in [0.2, 0.25) is 0 Å². The van der Waals surface area contributed by atoms with Crippen molar-refractivity contribution in [3.05, 3.63) is 231 Å². The Hall–Kier alpha value is -7.94. The predicted molar refractivity (Wildman–Crippen MR) is 254 cm³/mol. The highest BCUT2D eigenvalue weighted by Gasteiger charge is 2.28. The number of fused-ring (bicyclic) bond motifs is 6. The number of nitrogens with zero attached hydrogens (tertiary/aromatic N) is 2. The zero-order chi connectivity index (χ0) is 39.6. The van der Waals surface area contributed by atoms with E-state index in [4.69, 9.17) is 0 Å². The minimum absolute atomic E-state index is 1.13. The minimum atomic E-state index is 1.13. The maximum absolute atomic E-state index is 2.53. The maximum Gasteiger partial charge on any atom is 0.0562 e. The van der Waals surface area contributed by atoms with E-state index in [9.17, 15) is 0 Å². The average molecular weight is 763 g/mol. The Bertz CT molecular complexity index is 3380. The normalized spacial score (nSPS) is 11.7. The van der Waals surface area contributed by atoms with Crippen molar-refractivity contribution in [1.82, 2.24) is 4.57 Å². The Morgan fingerprint density at radius 1 is 0.250 bits per heavy atom. The van der Waals surface area contributed by atoms with Gasteiger partial charge in [-0.1, -0.05) is 194 Å². The first-order chi connectivity index (χ1) is 29.8. The summed E-state index contributed by atoms with van der Waals surface area (Å²) in [6.45, 7) is 0. The molecule has 0 N–H and O–H groups in total. The van der Waals surface area contributed by atoms with Gasteiger partial charge in [-0.05, 0) is 86.3 Å². The van der Waals surface area contributed by atoms with Crippen LogP contribution in [0.4, 0.5) is 17.1 Å².